The average molecular weight is 319 g/mol. The Balaban J connectivity index is 1.93. The van der Waals surface area contributed by atoms with Gasteiger partial charge in [0.15, 0.2) is 0 Å². The molecule has 1 heterocycles. The van der Waals surface area contributed by atoms with Crippen molar-refractivity contribution < 1.29 is 9.53 Å². The third kappa shape index (κ3) is 12.0. The van der Waals surface area contributed by atoms with E-state index in [1.807, 2.05) is 0 Å². The first kappa shape index (κ1) is 19.9. The maximum atomic E-state index is 10.8. The lowest BCUT2D eigenvalue weighted by atomic mass is 10.1. The Morgan fingerprint density at radius 2 is 1.48 bits per heavy atom. The topological polar surface area (TPSA) is 29.6 Å². The third-order valence-electron chi connectivity index (χ3n) is 4.07. The number of allylic oxidation sites excluding steroid dienone is 4. The summed E-state index contributed by atoms with van der Waals surface area (Å²) in [5.74, 6) is 0.284. The zero-order valence-corrected chi connectivity index (χ0v) is 15.0. The lowest BCUT2D eigenvalue weighted by Crippen LogP contribution is -1.90. The van der Waals surface area contributed by atoms with E-state index in [1.54, 1.807) is 6.92 Å². The molecule has 23 heavy (non-hydrogen) atoms. The van der Waals surface area contributed by atoms with Crippen LogP contribution in [0.1, 0.15) is 78.1 Å². The smallest absolute Gasteiger partial charge is 0.129 e. The van der Waals surface area contributed by atoms with Crippen molar-refractivity contribution >= 4 is 5.78 Å². The van der Waals surface area contributed by atoms with Crippen LogP contribution < -0.4 is 0 Å². The van der Waals surface area contributed by atoms with Crippen LogP contribution in [-0.4, -0.2) is 18.0 Å². The number of ketones is 1. The third-order valence-corrected chi connectivity index (χ3v) is 4.07. The first-order valence-electron chi connectivity index (χ1n) is 9.34. The molecule has 2 heteroatoms. The van der Waals surface area contributed by atoms with E-state index in [4.69, 9.17) is 4.74 Å². The summed E-state index contributed by atoms with van der Waals surface area (Å²) in [5, 5.41) is 0. The molecule has 1 saturated heterocycles. The van der Waals surface area contributed by atoms with E-state index >= 15 is 0 Å². The van der Waals surface area contributed by atoms with Gasteiger partial charge in [-0.2, -0.15) is 0 Å². The molecular weight excluding hydrogens is 284 g/mol. The Morgan fingerprint density at radius 3 is 2.17 bits per heavy atom. The summed E-state index contributed by atoms with van der Waals surface area (Å²) < 4.78 is 5.66. The highest BCUT2D eigenvalue weighted by Crippen LogP contribution is 2.29. The van der Waals surface area contributed by atoms with Crippen molar-refractivity contribution in [1.29, 1.82) is 0 Å². The van der Waals surface area contributed by atoms with E-state index in [0.717, 1.165) is 32.1 Å². The number of epoxide rings is 1. The minimum atomic E-state index is 0.284. The van der Waals surface area contributed by atoms with E-state index in [-0.39, 0.29) is 5.78 Å². The van der Waals surface area contributed by atoms with Gasteiger partial charge in [-0.3, -0.25) is 0 Å². The Bertz CT molecular complexity index is 393. The summed E-state index contributed by atoms with van der Waals surface area (Å²) in [6.45, 7) is 3.90. The summed E-state index contributed by atoms with van der Waals surface area (Å²) in [7, 11) is 0. The van der Waals surface area contributed by atoms with Crippen LogP contribution >= 0.6 is 0 Å². The minimum absolute atomic E-state index is 0.284. The minimum Gasteiger partial charge on any atom is -0.369 e. The molecule has 130 valence electrons. The van der Waals surface area contributed by atoms with Gasteiger partial charge in [0.2, 0.25) is 0 Å². The van der Waals surface area contributed by atoms with E-state index < -0.39 is 0 Å². The highest BCUT2D eigenvalue weighted by molar-refractivity contribution is 5.75. The van der Waals surface area contributed by atoms with E-state index in [9.17, 15) is 4.79 Å². The molecule has 0 aromatic carbocycles. The highest BCUT2D eigenvalue weighted by Gasteiger charge is 2.35. The molecule has 0 radical (unpaired) electrons. The quantitative estimate of drug-likeness (QED) is 0.225. The van der Waals surface area contributed by atoms with E-state index in [0.29, 0.717) is 18.6 Å². The zero-order chi connectivity index (χ0) is 16.8. The van der Waals surface area contributed by atoms with Gasteiger partial charge in [-0.05, 0) is 51.9 Å². The SMILES string of the molecule is CCCCC/C=C\C/C=C\CC1OC1C/C=C\CCCC(C)=O. The fourth-order valence-corrected chi connectivity index (χ4v) is 2.54. The van der Waals surface area contributed by atoms with Crippen molar-refractivity contribution in [3.05, 3.63) is 36.5 Å². The molecule has 0 aliphatic carbocycles. The number of hydrogen-bond donors (Lipinski definition) is 0. The van der Waals surface area contributed by atoms with Crippen LogP contribution in [0.15, 0.2) is 36.5 Å². The maximum absolute atomic E-state index is 10.8. The maximum Gasteiger partial charge on any atom is 0.129 e. The van der Waals surface area contributed by atoms with Gasteiger partial charge in [0.05, 0.1) is 12.2 Å². The second kappa shape index (κ2) is 13.3. The van der Waals surface area contributed by atoms with Crippen LogP contribution in [-0.2, 0) is 9.53 Å². The summed E-state index contributed by atoms with van der Waals surface area (Å²) in [5.41, 5.74) is 0. The second-order valence-corrected chi connectivity index (χ2v) is 6.42. The largest absolute Gasteiger partial charge is 0.369 e. The molecular formula is C21H34O2. The van der Waals surface area contributed by atoms with Crippen molar-refractivity contribution in [2.45, 2.75) is 90.3 Å². The van der Waals surface area contributed by atoms with Crippen LogP contribution in [0.3, 0.4) is 0 Å². The predicted octanol–water partition coefficient (Wildman–Crippen LogP) is 5.93. The molecule has 1 aliphatic heterocycles. The molecule has 0 N–H and O–H groups in total. The molecule has 1 fully saturated rings. The molecule has 0 amide bonds. The molecule has 0 spiro atoms. The van der Waals surface area contributed by atoms with Gasteiger partial charge in [-0.25, -0.2) is 0 Å². The van der Waals surface area contributed by atoms with Crippen LogP contribution in [0.2, 0.25) is 0 Å². The summed E-state index contributed by atoms with van der Waals surface area (Å²) in [4.78, 5) is 10.8. The number of Topliss-reactive ketones (excluding diaryl/α,β-unsaturated/α-hetero) is 1. The lowest BCUT2D eigenvalue weighted by Gasteiger charge is -1.91. The van der Waals surface area contributed by atoms with Crippen molar-refractivity contribution in [2.75, 3.05) is 0 Å². The van der Waals surface area contributed by atoms with Gasteiger partial charge in [0, 0.05) is 6.42 Å². The molecule has 0 aromatic heterocycles. The standard InChI is InChI=1S/C21H34O2/c1-3-4-5-6-7-8-9-10-14-17-20-21(23-20)18-15-12-11-13-16-19(2)22/h7-8,10,12,14-15,20-21H,3-6,9,11,13,16-18H2,1-2H3/b8-7-,14-10-,15-12-. The second-order valence-electron chi connectivity index (χ2n) is 6.42. The molecule has 0 bridgehead atoms. The average Bonchev–Trinajstić information content (AvgIpc) is 3.27. The summed E-state index contributed by atoms with van der Waals surface area (Å²) >= 11 is 0. The van der Waals surface area contributed by atoms with Crippen molar-refractivity contribution in [3.8, 4) is 0 Å². The zero-order valence-electron chi connectivity index (χ0n) is 15.0. The Hall–Kier alpha value is -1.15. The lowest BCUT2D eigenvalue weighted by molar-refractivity contribution is -0.117. The normalized spacial score (nSPS) is 21.0. The van der Waals surface area contributed by atoms with Crippen LogP contribution in [0.4, 0.5) is 0 Å². The van der Waals surface area contributed by atoms with Crippen molar-refractivity contribution in [1.82, 2.24) is 0 Å². The fourth-order valence-electron chi connectivity index (χ4n) is 2.54. The first-order chi connectivity index (χ1) is 11.2. The molecule has 2 unspecified atom stereocenters. The Morgan fingerprint density at radius 1 is 0.870 bits per heavy atom. The van der Waals surface area contributed by atoms with E-state index in [2.05, 4.69) is 43.4 Å². The van der Waals surface area contributed by atoms with Gasteiger partial charge in [-0.15, -0.1) is 0 Å². The van der Waals surface area contributed by atoms with Gasteiger partial charge in [-0.1, -0.05) is 56.2 Å². The molecule has 2 atom stereocenters. The predicted molar refractivity (Wildman–Crippen MR) is 98.6 cm³/mol. The van der Waals surface area contributed by atoms with Gasteiger partial charge in [0.1, 0.15) is 5.78 Å². The first-order valence-corrected chi connectivity index (χ1v) is 9.34. The van der Waals surface area contributed by atoms with Crippen molar-refractivity contribution in [3.63, 3.8) is 0 Å². The molecule has 1 aliphatic rings. The summed E-state index contributed by atoms with van der Waals surface area (Å²) in [6.07, 6.45) is 25.2. The number of carbonyl (C=O) groups excluding carboxylic acids is 1. The fraction of sp³-hybridized carbons (Fsp3) is 0.667. The highest BCUT2D eigenvalue weighted by atomic mass is 16.6. The van der Waals surface area contributed by atoms with Crippen LogP contribution in [0.25, 0.3) is 0 Å². The number of rotatable bonds is 14. The van der Waals surface area contributed by atoms with Gasteiger partial charge < -0.3 is 9.53 Å². The number of carbonyl (C=O) groups is 1. The number of unbranched alkanes of at least 4 members (excludes halogenated alkanes) is 4. The molecule has 0 saturated carbocycles. The van der Waals surface area contributed by atoms with E-state index in [1.165, 1.54) is 25.7 Å². The summed E-state index contributed by atoms with van der Waals surface area (Å²) in [6, 6.07) is 0. The number of ether oxygens (including phenoxy) is 1. The Kier molecular flexibility index (Phi) is 11.5. The van der Waals surface area contributed by atoms with Crippen LogP contribution in [0.5, 0.6) is 0 Å². The van der Waals surface area contributed by atoms with Crippen LogP contribution in [0, 0.1) is 0 Å². The van der Waals surface area contributed by atoms with Gasteiger partial charge in [0.25, 0.3) is 0 Å². The van der Waals surface area contributed by atoms with Gasteiger partial charge >= 0.3 is 0 Å². The number of hydrogen-bond acceptors (Lipinski definition) is 2. The molecule has 0 aromatic rings. The monoisotopic (exact) mass is 318 g/mol. The Labute approximate surface area is 142 Å². The molecule has 1 rings (SSSR count). The molecule has 2 nitrogen and oxygen atoms in total. The van der Waals surface area contributed by atoms with Crippen molar-refractivity contribution in [2.24, 2.45) is 0 Å².